The fraction of sp³-hybridized carbons (Fsp3) is 0.750. The summed E-state index contributed by atoms with van der Waals surface area (Å²) in [5.41, 5.74) is -0.488. The summed E-state index contributed by atoms with van der Waals surface area (Å²) in [6.45, 7) is 18.6. The number of likely N-dealkylation sites (tertiary alicyclic amines) is 1. The van der Waals surface area contributed by atoms with Gasteiger partial charge in [-0.15, -0.1) is 24.9 Å². The van der Waals surface area contributed by atoms with E-state index in [1.54, 1.807) is 28.8 Å². The average molecular weight is 521 g/mol. The number of allylic oxidation sites excluding steroid dienone is 1. The third-order valence-electron chi connectivity index (χ3n) is 7.72. The fourth-order valence-corrected chi connectivity index (χ4v) is 9.05. The van der Waals surface area contributed by atoms with E-state index >= 15 is 0 Å². The third-order valence-corrected chi connectivity index (χ3v) is 9.67. The zero-order valence-corrected chi connectivity index (χ0v) is 23.4. The van der Waals surface area contributed by atoms with Crippen molar-refractivity contribution in [2.45, 2.75) is 88.3 Å². The van der Waals surface area contributed by atoms with Crippen molar-refractivity contribution in [2.24, 2.45) is 17.3 Å². The molecule has 202 valence electrons. The first-order valence-electron chi connectivity index (χ1n) is 13.1. The lowest BCUT2D eigenvalue weighted by Gasteiger charge is -2.46. The molecule has 0 radical (unpaired) electrons. The number of ether oxygens (including phenoxy) is 1. The number of aliphatic hydroxyl groups excluding tert-OH is 1. The summed E-state index contributed by atoms with van der Waals surface area (Å²) in [7, 11) is 0. The van der Waals surface area contributed by atoms with Gasteiger partial charge in [-0.2, -0.15) is 0 Å². The van der Waals surface area contributed by atoms with Gasteiger partial charge in [-0.3, -0.25) is 14.4 Å². The molecular formula is C28H44N2O5S. The normalized spacial score (nSPS) is 29.3. The van der Waals surface area contributed by atoms with Crippen LogP contribution in [0.3, 0.4) is 0 Å². The number of β-amino-alcohol motifs (C(OH)–C–C–N with tert-alkyl or cyclic N) is 1. The van der Waals surface area contributed by atoms with Gasteiger partial charge in [0.1, 0.15) is 6.04 Å². The van der Waals surface area contributed by atoms with Crippen LogP contribution in [0.5, 0.6) is 0 Å². The number of carbonyl (C=O) groups is 3. The van der Waals surface area contributed by atoms with Crippen molar-refractivity contribution >= 4 is 29.5 Å². The Morgan fingerprint density at radius 3 is 2.53 bits per heavy atom. The van der Waals surface area contributed by atoms with E-state index in [-0.39, 0.29) is 41.6 Å². The molecule has 0 aromatic rings. The lowest BCUT2D eigenvalue weighted by atomic mass is 9.71. The molecule has 3 heterocycles. The van der Waals surface area contributed by atoms with Crippen molar-refractivity contribution in [3.8, 4) is 0 Å². The Kier molecular flexibility index (Phi) is 8.71. The number of amides is 2. The van der Waals surface area contributed by atoms with Gasteiger partial charge < -0.3 is 19.6 Å². The quantitative estimate of drug-likeness (QED) is 0.239. The molecule has 1 N–H and O–H groups in total. The summed E-state index contributed by atoms with van der Waals surface area (Å²) in [5.74, 6) is -1.84. The van der Waals surface area contributed by atoms with Crippen molar-refractivity contribution in [3.05, 3.63) is 25.3 Å². The van der Waals surface area contributed by atoms with Gasteiger partial charge in [-0.1, -0.05) is 32.9 Å². The van der Waals surface area contributed by atoms with Crippen LogP contribution in [0.2, 0.25) is 0 Å². The van der Waals surface area contributed by atoms with Crippen LogP contribution in [-0.4, -0.2) is 80.6 Å². The Morgan fingerprint density at radius 2 is 1.94 bits per heavy atom. The van der Waals surface area contributed by atoms with E-state index in [1.165, 1.54) is 0 Å². The standard InChI is InChI=1S/C28H44N2O5S/c1-8-10-11-17-35-25(34)20-19-12-13-28(36-19)21(20)23(32)29(15-16-31)22(28)24(33)30(14-9-2)27(6,7)18-26(3,4)5/h8-9,19-22,31H,1-2,10-18H2,3-7H3/t19-,20+,21+,22?,28?/m1/s1. The number of fused-ring (bicyclic) bond motifs is 1. The minimum atomic E-state index is -0.727. The SMILES string of the molecule is C=CCCCOC(=O)[C@@H]1[C@H]2C(=O)N(CCO)C(C(=O)N(CC=C)C(C)(C)CC(C)(C)C)C23CC[C@H]1S3. The summed E-state index contributed by atoms with van der Waals surface area (Å²) in [4.78, 5) is 44.8. The number of nitrogens with zero attached hydrogens (tertiary/aromatic N) is 2. The van der Waals surface area contributed by atoms with Crippen molar-refractivity contribution in [1.29, 1.82) is 0 Å². The maximum atomic E-state index is 14.4. The molecule has 3 fully saturated rings. The first-order chi connectivity index (χ1) is 16.8. The molecule has 5 atom stereocenters. The summed E-state index contributed by atoms with van der Waals surface area (Å²) < 4.78 is 4.91. The van der Waals surface area contributed by atoms with E-state index in [9.17, 15) is 19.5 Å². The Labute approximate surface area is 220 Å². The van der Waals surface area contributed by atoms with Crippen LogP contribution in [0.4, 0.5) is 0 Å². The molecule has 36 heavy (non-hydrogen) atoms. The van der Waals surface area contributed by atoms with Crippen LogP contribution >= 0.6 is 11.8 Å². The smallest absolute Gasteiger partial charge is 0.310 e. The first kappa shape index (κ1) is 28.8. The van der Waals surface area contributed by atoms with Crippen LogP contribution in [0.1, 0.15) is 66.7 Å². The van der Waals surface area contributed by atoms with Gasteiger partial charge in [-0.05, 0) is 51.4 Å². The second-order valence-electron chi connectivity index (χ2n) is 12.2. The summed E-state index contributed by atoms with van der Waals surface area (Å²) in [6, 6.07) is -0.727. The topological polar surface area (TPSA) is 87.1 Å². The molecule has 1 spiro atoms. The highest BCUT2D eigenvalue weighted by Crippen LogP contribution is 2.66. The van der Waals surface area contributed by atoms with Crippen LogP contribution in [0.25, 0.3) is 0 Å². The molecule has 2 unspecified atom stereocenters. The molecule has 0 aromatic carbocycles. The van der Waals surface area contributed by atoms with E-state index in [1.807, 2.05) is 4.90 Å². The summed E-state index contributed by atoms with van der Waals surface area (Å²) in [5, 5.41) is 9.79. The van der Waals surface area contributed by atoms with Crippen LogP contribution in [-0.2, 0) is 19.1 Å². The van der Waals surface area contributed by atoms with Crippen molar-refractivity contribution < 1.29 is 24.2 Å². The summed E-state index contributed by atoms with van der Waals surface area (Å²) >= 11 is 1.62. The number of carbonyl (C=O) groups excluding carboxylic acids is 3. The van der Waals surface area contributed by atoms with Crippen molar-refractivity contribution in [2.75, 3.05) is 26.3 Å². The molecule has 3 aliphatic heterocycles. The Morgan fingerprint density at radius 1 is 1.25 bits per heavy atom. The van der Waals surface area contributed by atoms with Gasteiger partial charge in [0.05, 0.1) is 29.8 Å². The van der Waals surface area contributed by atoms with E-state index in [0.717, 1.165) is 19.3 Å². The highest BCUT2D eigenvalue weighted by atomic mass is 32.2. The molecule has 0 saturated carbocycles. The maximum absolute atomic E-state index is 14.4. The van der Waals surface area contributed by atoms with E-state index in [4.69, 9.17) is 4.74 Å². The number of thioether (sulfide) groups is 1. The average Bonchev–Trinajstić information content (AvgIpc) is 3.41. The number of esters is 1. The van der Waals surface area contributed by atoms with Gasteiger partial charge in [0.25, 0.3) is 0 Å². The minimum Gasteiger partial charge on any atom is -0.465 e. The third kappa shape index (κ3) is 5.26. The van der Waals surface area contributed by atoms with E-state index in [0.29, 0.717) is 26.0 Å². The molecule has 0 aliphatic carbocycles. The highest BCUT2D eigenvalue weighted by Gasteiger charge is 2.74. The zero-order valence-electron chi connectivity index (χ0n) is 22.6. The van der Waals surface area contributed by atoms with E-state index in [2.05, 4.69) is 47.8 Å². The monoisotopic (exact) mass is 520 g/mol. The number of unbranched alkanes of at least 4 members (excludes halogenated alkanes) is 1. The number of rotatable bonds is 12. The molecule has 2 bridgehead atoms. The lowest BCUT2D eigenvalue weighted by Crippen LogP contribution is -2.60. The van der Waals surface area contributed by atoms with Crippen LogP contribution < -0.4 is 0 Å². The van der Waals surface area contributed by atoms with Gasteiger partial charge in [0.15, 0.2) is 0 Å². The molecular weight excluding hydrogens is 476 g/mol. The second-order valence-corrected chi connectivity index (χ2v) is 13.8. The molecule has 7 nitrogen and oxygen atoms in total. The minimum absolute atomic E-state index is 0.0126. The molecule has 0 aromatic heterocycles. The second kappa shape index (κ2) is 10.9. The Balaban J connectivity index is 1.96. The Hall–Kier alpha value is -1.80. The largest absolute Gasteiger partial charge is 0.465 e. The van der Waals surface area contributed by atoms with Gasteiger partial charge in [0, 0.05) is 23.9 Å². The Bertz CT molecular complexity index is 882. The molecule has 3 rings (SSSR count). The fourth-order valence-electron chi connectivity index (χ4n) is 6.85. The molecule has 8 heteroatoms. The molecule has 3 aliphatic rings. The zero-order chi connectivity index (χ0) is 26.9. The molecule has 2 amide bonds. The van der Waals surface area contributed by atoms with Crippen LogP contribution in [0, 0.1) is 17.3 Å². The van der Waals surface area contributed by atoms with Crippen molar-refractivity contribution in [1.82, 2.24) is 9.80 Å². The number of hydrogen-bond donors (Lipinski definition) is 1. The summed E-state index contributed by atoms with van der Waals surface area (Å²) in [6.07, 6.45) is 7.20. The maximum Gasteiger partial charge on any atom is 0.310 e. The van der Waals surface area contributed by atoms with Crippen molar-refractivity contribution in [3.63, 3.8) is 0 Å². The lowest BCUT2D eigenvalue weighted by molar-refractivity contribution is -0.154. The van der Waals surface area contributed by atoms with E-state index < -0.39 is 28.2 Å². The highest BCUT2D eigenvalue weighted by molar-refractivity contribution is 8.02. The predicted molar refractivity (Wildman–Crippen MR) is 143 cm³/mol. The predicted octanol–water partition coefficient (Wildman–Crippen LogP) is 3.81. The number of aliphatic hydroxyl groups is 1. The van der Waals surface area contributed by atoms with Crippen LogP contribution in [0.15, 0.2) is 25.3 Å². The van der Waals surface area contributed by atoms with Gasteiger partial charge in [0.2, 0.25) is 11.8 Å². The van der Waals surface area contributed by atoms with Gasteiger partial charge >= 0.3 is 5.97 Å². The molecule has 3 saturated heterocycles. The van der Waals surface area contributed by atoms with Gasteiger partial charge in [-0.25, -0.2) is 0 Å². The number of hydrogen-bond acceptors (Lipinski definition) is 6. The first-order valence-corrected chi connectivity index (χ1v) is 14.0.